The largest absolute Gasteiger partial charge is 0.325 e. The minimum absolute atomic E-state index is 0. The molecule has 1 aliphatic rings. The van der Waals surface area contributed by atoms with Gasteiger partial charge in [-0.05, 0) is 49.5 Å². The lowest BCUT2D eigenvalue weighted by molar-refractivity contribution is -0.117. The highest BCUT2D eigenvalue weighted by Crippen LogP contribution is 2.18. The summed E-state index contributed by atoms with van der Waals surface area (Å²) >= 11 is 0. The third kappa shape index (κ3) is 3.57. The zero-order valence-corrected chi connectivity index (χ0v) is 11.3. The topological polar surface area (TPSA) is 32.3 Å². The molecule has 0 atom stereocenters. The Morgan fingerprint density at radius 2 is 2.11 bits per heavy atom. The Labute approximate surface area is 111 Å². The van der Waals surface area contributed by atoms with Crippen molar-refractivity contribution in [3.05, 3.63) is 29.8 Å². The van der Waals surface area contributed by atoms with Crippen LogP contribution in [0.3, 0.4) is 0 Å². The zero-order chi connectivity index (χ0) is 13.0. The Bertz CT molecular complexity index is 414. The summed E-state index contributed by atoms with van der Waals surface area (Å²) in [5.74, 6) is 0.582. The normalized spacial score (nSPS) is 16.2. The van der Waals surface area contributed by atoms with Crippen LogP contribution in [0.5, 0.6) is 0 Å². The molecule has 1 amide bonds. The Morgan fingerprint density at radius 1 is 1.39 bits per heavy atom. The molecule has 0 radical (unpaired) electrons. The van der Waals surface area contributed by atoms with Gasteiger partial charge in [0.15, 0.2) is 0 Å². The van der Waals surface area contributed by atoms with E-state index in [1.807, 2.05) is 12.1 Å². The highest BCUT2D eigenvalue weighted by molar-refractivity contribution is 5.92. The van der Waals surface area contributed by atoms with Crippen molar-refractivity contribution in [2.45, 2.75) is 32.6 Å². The SMILES string of the molecule is CC(C)c1cccc(NC(=O)CN2CCCC2)c1.[HH]. The van der Waals surface area contributed by atoms with Crippen LogP contribution >= 0.6 is 0 Å². The van der Waals surface area contributed by atoms with Gasteiger partial charge in [-0.15, -0.1) is 0 Å². The van der Waals surface area contributed by atoms with E-state index in [-0.39, 0.29) is 7.33 Å². The molecule has 3 nitrogen and oxygen atoms in total. The van der Waals surface area contributed by atoms with E-state index in [9.17, 15) is 4.79 Å². The minimum Gasteiger partial charge on any atom is -0.325 e. The van der Waals surface area contributed by atoms with Gasteiger partial charge in [0.1, 0.15) is 0 Å². The zero-order valence-electron chi connectivity index (χ0n) is 11.3. The molecule has 1 fully saturated rings. The Kier molecular flexibility index (Phi) is 4.37. The molecule has 0 saturated carbocycles. The van der Waals surface area contributed by atoms with Crippen LogP contribution < -0.4 is 5.32 Å². The highest BCUT2D eigenvalue weighted by Gasteiger charge is 2.15. The summed E-state index contributed by atoms with van der Waals surface area (Å²) in [5, 5.41) is 2.98. The summed E-state index contributed by atoms with van der Waals surface area (Å²) in [6.45, 7) is 6.95. The van der Waals surface area contributed by atoms with Crippen molar-refractivity contribution < 1.29 is 6.22 Å². The summed E-state index contributed by atoms with van der Waals surface area (Å²) in [6.07, 6.45) is 2.44. The van der Waals surface area contributed by atoms with E-state index in [2.05, 4.69) is 36.2 Å². The fraction of sp³-hybridized carbons (Fsp3) is 0.533. The molecule has 18 heavy (non-hydrogen) atoms. The second-order valence-corrected chi connectivity index (χ2v) is 5.31. The third-order valence-corrected chi connectivity index (χ3v) is 3.40. The van der Waals surface area contributed by atoms with Crippen molar-refractivity contribution in [1.82, 2.24) is 4.90 Å². The molecule has 0 aliphatic carbocycles. The average Bonchev–Trinajstić information content (AvgIpc) is 2.82. The summed E-state index contributed by atoms with van der Waals surface area (Å²) in [5.41, 5.74) is 2.17. The number of amides is 1. The maximum absolute atomic E-state index is 11.9. The molecule has 1 aromatic rings. The lowest BCUT2D eigenvalue weighted by Crippen LogP contribution is -2.30. The van der Waals surface area contributed by atoms with Gasteiger partial charge in [0.05, 0.1) is 6.54 Å². The first-order chi connectivity index (χ1) is 8.65. The van der Waals surface area contributed by atoms with Crippen LogP contribution in [-0.4, -0.2) is 30.4 Å². The van der Waals surface area contributed by atoms with Gasteiger partial charge >= 0.3 is 0 Å². The van der Waals surface area contributed by atoms with Crippen LogP contribution in [0.15, 0.2) is 24.3 Å². The van der Waals surface area contributed by atoms with Gasteiger partial charge < -0.3 is 5.32 Å². The first-order valence-corrected chi connectivity index (χ1v) is 6.77. The van der Waals surface area contributed by atoms with Crippen LogP contribution in [0.2, 0.25) is 0 Å². The second kappa shape index (κ2) is 6.01. The van der Waals surface area contributed by atoms with Gasteiger partial charge in [-0.25, -0.2) is 0 Å². The fourth-order valence-corrected chi connectivity index (χ4v) is 2.32. The standard InChI is InChI=1S/C15H22N2O.H2/c1-12(2)13-6-5-7-14(10-13)16-15(18)11-17-8-3-4-9-17;/h5-7,10,12H,3-4,8-9,11H2,1-2H3,(H,16,18);1H. The van der Waals surface area contributed by atoms with E-state index in [1.54, 1.807) is 0 Å². The van der Waals surface area contributed by atoms with Crippen LogP contribution in [0.25, 0.3) is 0 Å². The Hall–Kier alpha value is -1.35. The molecule has 0 spiro atoms. The molecule has 1 aromatic carbocycles. The molecule has 1 N–H and O–H groups in total. The first-order valence-electron chi connectivity index (χ1n) is 6.77. The van der Waals surface area contributed by atoms with E-state index in [4.69, 9.17) is 0 Å². The number of carbonyl (C=O) groups is 1. The van der Waals surface area contributed by atoms with Crippen molar-refractivity contribution in [2.24, 2.45) is 0 Å². The van der Waals surface area contributed by atoms with Crippen molar-refractivity contribution in [2.75, 3.05) is 25.0 Å². The maximum atomic E-state index is 11.9. The molecular formula is C15H24N2O. The van der Waals surface area contributed by atoms with Gasteiger partial charge in [0.2, 0.25) is 5.91 Å². The number of benzene rings is 1. The molecule has 0 aromatic heterocycles. The number of hydrogen-bond acceptors (Lipinski definition) is 2. The number of hydrogen-bond donors (Lipinski definition) is 1. The minimum atomic E-state index is 0. The van der Waals surface area contributed by atoms with E-state index < -0.39 is 0 Å². The summed E-state index contributed by atoms with van der Waals surface area (Å²) in [4.78, 5) is 14.1. The molecule has 3 heteroatoms. The van der Waals surface area contributed by atoms with Gasteiger partial charge in [-0.2, -0.15) is 0 Å². The Morgan fingerprint density at radius 3 is 2.78 bits per heavy atom. The smallest absolute Gasteiger partial charge is 0.238 e. The fourth-order valence-electron chi connectivity index (χ4n) is 2.32. The van der Waals surface area contributed by atoms with E-state index in [0.29, 0.717) is 12.5 Å². The van der Waals surface area contributed by atoms with Gasteiger partial charge in [0.25, 0.3) is 0 Å². The van der Waals surface area contributed by atoms with Crippen molar-refractivity contribution in [1.29, 1.82) is 0 Å². The van der Waals surface area contributed by atoms with E-state index in [1.165, 1.54) is 18.4 Å². The van der Waals surface area contributed by atoms with Crippen LogP contribution in [-0.2, 0) is 4.79 Å². The number of anilines is 1. The maximum Gasteiger partial charge on any atom is 0.238 e. The molecule has 1 saturated heterocycles. The molecule has 1 heterocycles. The predicted molar refractivity (Wildman–Crippen MR) is 76.9 cm³/mol. The molecule has 100 valence electrons. The lowest BCUT2D eigenvalue weighted by Gasteiger charge is -2.14. The molecule has 0 unspecified atom stereocenters. The first kappa shape index (κ1) is 13.1. The van der Waals surface area contributed by atoms with Crippen molar-refractivity contribution in [3.63, 3.8) is 0 Å². The number of likely N-dealkylation sites (tertiary alicyclic amines) is 1. The van der Waals surface area contributed by atoms with E-state index >= 15 is 0 Å². The number of carbonyl (C=O) groups excluding carboxylic acids is 1. The number of nitrogens with zero attached hydrogens (tertiary/aromatic N) is 1. The third-order valence-electron chi connectivity index (χ3n) is 3.40. The predicted octanol–water partition coefficient (Wildman–Crippen LogP) is 3.09. The van der Waals surface area contributed by atoms with Crippen LogP contribution in [0.4, 0.5) is 5.69 Å². The van der Waals surface area contributed by atoms with Gasteiger partial charge in [-0.3, -0.25) is 9.69 Å². The van der Waals surface area contributed by atoms with E-state index in [0.717, 1.165) is 18.8 Å². The molecule has 0 bridgehead atoms. The van der Waals surface area contributed by atoms with Gasteiger partial charge in [-0.1, -0.05) is 26.0 Å². The molecule has 1 aliphatic heterocycles. The van der Waals surface area contributed by atoms with Crippen molar-refractivity contribution in [3.8, 4) is 0 Å². The average molecular weight is 248 g/mol. The summed E-state index contributed by atoms with van der Waals surface area (Å²) < 4.78 is 0. The lowest BCUT2D eigenvalue weighted by atomic mass is 10.0. The van der Waals surface area contributed by atoms with Gasteiger partial charge in [0, 0.05) is 7.11 Å². The summed E-state index contributed by atoms with van der Waals surface area (Å²) in [6, 6.07) is 8.11. The summed E-state index contributed by atoms with van der Waals surface area (Å²) in [7, 11) is 0. The van der Waals surface area contributed by atoms with Crippen molar-refractivity contribution >= 4 is 11.6 Å². The van der Waals surface area contributed by atoms with Crippen LogP contribution in [0, 0.1) is 0 Å². The van der Waals surface area contributed by atoms with Crippen LogP contribution in [0.1, 0.15) is 39.6 Å². The number of nitrogens with one attached hydrogen (secondary N) is 1. The number of rotatable bonds is 4. The second-order valence-electron chi connectivity index (χ2n) is 5.31. The Balaban J connectivity index is 0.00000180. The monoisotopic (exact) mass is 248 g/mol. The quantitative estimate of drug-likeness (QED) is 0.888. The highest BCUT2D eigenvalue weighted by atomic mass is 16.2. The molecular weight excluding hydrogens is 224 g/mol. The molecule has 2 rings (SSSR count).